The standard InChI is InChI=1S/C14H12FN3O3/c1-3-21-14-11(12(19)13(14)20)17-8-4-5-9-7(10(8)15)6-16-18(9)2/h4-6,17H,3H2,1-2H3. The summed E-state index contributed by atoms with van der Waals surface area (Å²) in [6, 6.07) is 3.17. The van der Waals surface area contributed by atoms with Gasteiger partial charge in [-0.05, 0) is 19.1 Å². The number of aryl methyl sites for hydroxylation is 1. The van der Waals surface area contributed by atoms with Crippen LogP contribution in [0.3, 0.4) is 0 Å². The van der Waals surface area contributed by atoms with Crippen LogP contribution in [-0.4, -0.2) is 16.4 Å². The maximum absolute atomic E-state index is 14.4. The Morgan fingerprint density at radius 2 is 2.10 bits per heavy atom. The van der Waals surface area contributed by atoms with E-state index in [1.165, 1.54) is 12.3 Å². The number of ether oxygens (including phenoxy) is 1. The second-order valence-electron chi connectivity index (χ2n) is 4.55. The Kier molecular flexibility index (Phi) is 2.97. The topological polar surface area (TPSA) is 73.2 Å². The van der Waals surface area contributed by atoms with E-state index in [4.69, 9.17) is 4.74 Å². The average molecular weight is 289 g/mol. The summed E-state index contributed by atoms with van der Waals surface area (Å²) in [5.41, 5.74) is -0.674. The molecule has 0 saturated heterocycles. The van der Waals surface area contributed by atoms with Crippen LogP contribution in [-0.2, 0) is 7.05 Å². The van der Waals surface area contributed by atoms with Gasteiger partial charge < -0.3 is 10.1 Å². The summed E-state index contributed by atoms with van der Waals surface area (Å²) in [5.74, 6) is -0.579. The minimum atomic E-state index is -0.705. The summed E-state index contributed by atoms with van der Waals surface area (Å²) in [6.07, 6.45) is 1.40. The summed E-state index contributed by atoms with van der Waals surface area (Å²) >= 11 is 0. The molecule has 21 heavy (non-hydrogen) atoms. The molecule has 2 aromatic carbocycles. The highest BCUT2D eigenvalue weighted by Crippen LogP contribution is 2.28. The average Bonchev–Trinajstić information content (AvgIpc) is 2.86. The first-order valence-corrected chi connectivity index (χ1v) is 6.38. The number of nitrogens with one attached hydrogen (secondary N) is 1. The van der Waals surface area contributed by atoms with Gasteiger partial charge in [-0.3, -0.25) is 14.3 Å². The quantitative estimate of drug-likeness (QED) is 0.736. The molecule has 7 heteroatoms. The minimum absolute atomic E-state index is 0.0102. The number of fused-ring (bicyclic) bond motifs is 1. The molecule has 0 unspecified atom stereocenters. The van der Waals surface area contributed by atoms with Gasteiger partial charge >= 0.3 is 0 Å². The van der Waals surface area contributed by atoms with Gasteiger partial charge in [0, 0.05) is 7.05 Å². The fourth-order valence-electron chi connectivity index (χ4n) is 2.19. The van der Waals surface area contributed by atoms with E-state index in [1.807, 2.05) is 0 Å². The van der Waals surface area contributed by atoms with Crippen LogP contribution in [0, 0.1) is 5.82 Å². The SMILES string of the molecule is CCOc1c(Nc2ccc3c(cnn3C)c2F)c(=O)c1=O. The molecule has 1 N–H and O–H groups in total. The Hall–Kier alpha value is -2.70. The minimum Gasteiger partial charge on any atom is -0.488 e. The van der Waals surface area contributed by atoms with Gasteiger partial charge in [-0.25, -0.2) is 4.39 Å². The van der Waals surface area contributed by atoms with Crippen LogP contribution in [0.1, 0.15) is 6.92 Å². The number of hydrogen-bond donors (Lipinski definition) is 1. The molecule has 0 fully saturated rings. The van der Waals surface area contributed by atoms with Gasteiger partial charge in [-0.2, -0.15) is 5.10 Å². The van der Waals surface area contributed by atoms with Crippen molar-refractivity contribution in [1.82, 2.24) is 9.78 Å². The number of hydrogen-bond acceptors (Lipinski definition) is 5. The van der Waals surface area contributed by atoms with E-state index in [2.05, 4.69) is 10.4 Å². The predicted molar refractivity (Wildman–Crippen MR) is 76.5 cm³/mol. The first-order valence-electron chi connectivity index (χ1n) is 6.38. The zero-order valence-electron chi connectivity index (χ0n) is 11.4. The van der Waals surface area contributed by atoms with Crippen molar-refractivity contribution in [3.63, 3.8) is 0 Å². The van der Waals surface area contributed by atoms with Gasteiger partial charge in [-0.1, -0.05) is 0 Å². The number of halogens is 1. The maximum atomic E-state index is 14.4. The summed E-state index contributed by atoms with van der Waals surface area (Å²) in [6.45, 7) is 1.95. The monoisotopic (exact) mass is 289 g/mol. The van der Waals surface area contributed by atoms with Crippen LogP contribution in [0.5, 0.6) is 5.75 Å². The van der Waals surface area contributed by atoms with E-state index >= 15 is 0 Å². The van der Waals surface area contributed by atoms with Crippen molar-refractivity contribution in [2.24, 2.45) is 7.05 Å². The molecular weight excluding hydrogens is 277 g/mol. The fourth-order valence-corrected chi connectivity index (χ4v) is 2.19. The third-order valence-electron chi connectivity index (χ3n) is 3.28. The molecule has 0 radical (unpaired) electrons. The molecule has 0 aliphatic rings. The van der Waals surface area contributed by atoms with E-state index in [0.717, 1.165) is 0 Å². The van der Waals surface area contributed by atoms with Crippen LogP contribution in [0.25, 0.3) is 10.9 Å². The molecule has 3 rings (SSSR count). The zero-order chi connectivity index (χ0) is 15.1. The first-order chi connectivity index (χ1) is 10.0. The number of rotatable bonds is 4. The Balaban J connectivity index is 2.03. The largest absolute Gasteiger partial charge is 0.488 e. The number of nitrogens with zero attached hydrogens (tertiary/aromatic N) is 2. The third-order valence-corrected chi connectivity index (χ3v) is 3.28. The Labute approximate surface area is 118 Å². The lowest BCUT2D eigenvalue weighted by Crippen LogP contribution is -2.35. The third kappa shape index (κ3) is 1.89. The van der Waals surface area contributed by atoms with Crippen molar-refractivity contribution in [3.05, 3.63) is 44.6 Å². The molecule has 1 heterocycles. The van der Waals surface area contributed by atoms with E-state index in [1.54, 1.807) is 24.7 Å². The second-order valence-corrected chi connectivity index (χ2v) is 4.55. The number of aromatic nitrogens is 2. The van der Waals surface area contributed by atoms with Crippen LogP contribution < -0.4 is 20.9 Å². The second kappa shape index (κ2) is 4.69. The summed E-state index contributed by atoms with van der Waals surface area (Å²) < 4.78 is 21.0. The molecule has 0 aliphatic heterocycles. The van der Waals surface area contributed by atoms with E-state index < -0.39 is 16.7 Å². The fraction of sp³-hybridized carbons (Fsp3) is 0.214. The zero-order valence-corrected chi connectivity index (χ0v) is 11.4. The molecule has 0 saturated carbocycles. The molecule has 1 aromatic heterocycles. The maximum Gasteiger partial charge on any atom is 0.272 e. The number of anilines is 2. The lowest BCUT2D eigenvalue weighted by atomic mass is 10.1. The van der Waals surface area contributed by atoms with Crippen molar-refractivity contribution in [1.29, 1.82) is 0 Å². The van der Waals surface area contributed by atoms with Gasteiger partial charge in [0.25, 0.3) is 10.9 Å². The highest BCUT2D eigenvalue weighted by atomic mass is 19.1. The van der Waals surface area contributed by atoms with Crippen LogP contribution in [0.15, 0.2) is 27.9 Å². The molecule has 3 aromatic rings. The molecule has 0 amide bonds. The van der Waals surface area contributed by atoms with Gasteiger partial charge in [-0.15, -0.1) is 0 Å². The summed E-state index contributed by atoms with van der Waals surface area (Å²) in [4.78, 5) is 22.9. The highest BCUT2D eigenvalue weighted by molar-refractivity contribution is 5.85. The summed E-state index contributed by atoms with van der Waals surface area (Å²) in [5, 5.41) is 6.94. The first kappa shape index (κ1) is 13.3. The van der Waals surface area contributed by atoms with Gasteiger partial charge in [0.05, 0.1) is 29.4 Å². The Morgan fingerprint density at radius 1 is 1.33 bits per heavy atom. The molecule has 0 bridgehead atoms. The molecule has 0 spiro atoms. The van der Waals surface area contributed by atoms with Crippen LogP contribution in [0.4, 0.5) is 15.8 Å². The number of benzene rings is 1. The van der Waals surface area contributed by atoms with Crippen molar-refractivity contribution in [3.8, 4) is 5.75 Å². The van der Waals surface area contributed by atoms with E-state index in [0.29, 0.717) is 10.9 Å². The molecule has 0 aliphatic carbocycles. The van der Waals surface area contributed by atoms with Crippen molar-refractivity contribution in [2.45, 2.75) is 6.92 Å². The molecule has 6 nitrogen and oxygen atoms in total. The molecule has 108 valence electrons. The molecular formula is C14H12FN3O3. The van der Waals surface area contributed by atoms with Gasteiger partial charge in [0.1, 0.15) is 5.69 Å². The van der Waals surface area contributed by atoms with E-state index in [-0.39, 0.29) is 23.7 Å². The highest BCUT2D eigenvalue weighted by Gasteiger charge is 2.23. The summed E-state index contributed by atoms with van der Waals surface area (Å²) in [7, 11) is 1.71. The van der Waals surface area contributed by atoms with Crippen molar-refractivity contribution >= 4 is 22.3 Å². The van der Waals surface area contributed by atoms with Crippen LogP contribution in [0.2, 0.25) is 0 Å². The molecule has 0 atom stereocenters. The van der Waals surface area contributed by atoms with Crippen molar-refractivity contribution in [2.75, 3.05) is 11.9 Å². The van der Waals surface area contributed by atoms with Crippen molar-refractivity contribution < 1.29 is 9.13 Å². The van der Waals surface area contributed by atoms with Gasteiger partial charge in [0.15, 0.2) is 11.6 Å². The van der Waals surface area contributed by atoms with Gasteiger partial charge in [0.2, 0.25) is 0 Å². The lowest BCUT2D eigenvalue weighted by Gasteiger charge is -2.13. The smallest absolute Gasteiger partial charge is 0.272 e. The Bertz CT molecular complexity index is 906. The lowest BCUT2D eigenvalue weighted by molar-refractivity contribution is 0.335. The predicted octanol–water partition coefficient (Wildman–Crippen LogP) is 1.45. The van der Waals surface area contributed by atoms with Crippen LogP contribution >= 0.6 is 0 Å². The van der Waals surface area contributed by atoms with E-state index in [9.17, 15) is 14.0 Å². The normalized spacial score (nSPS) is 11.2. The Morgan fingerprint density at radius 3 is 2.81 bits per heavy atom.